The molecule has 0 aromatic carbocycles. The topological polar surface area (TPSA) is 169 Å². The Kier molecular flexibility index (Phi) is 47.1. The number of carboxylic acid groups (broad SMARTS) is 1. The lowest BCUT2D eigenvalue weighted by Crippen LogP contribution is -2.43. The van der Waals surface area contributed by atoms with Crippen molar-refractivity contribution in [3.63, 3.8) is 0 Å². The largest absolute Gasteiger partial charge is 0.480 e. The van der Waals surface area contributed by atoms with Crippen LogP contribution in [0.2, 0.25) is 0 Å². The van der Waals surface area contributed by atoms with Gasteiger partial charge in [-0.05, 0) is 64.2 Å². The molecule has 4 N–H and O–H groups in total. The third-order valence-electron chi connectivity index (χ3n) is 11.3. The molecule has 0 aromatic rings. The Balaban J connectivity index is 3.87. The number of allylic oxidation sites excluding steroid dienone is 12. The van der Waals surface area contributed by atoms with Gasteiger partial charge in [0.05, 0.1) is 13.2 Å². The average molecular weight is 962 g/mol. The van der Waals surface area contributed by atoms with Gasteiger partial charge in [-0.15, -0.1) is 0 Å². The molecule has 1 amide bonds. The Morgan fingerprint density at radius 3 is 1.30 bits per heavy atom. The molecular weight excluding hydrogens is 866 g/mol. The molecule has 0 heterocycles. The van der Waals surface area contributed by atoms with Gasteiger partial charge in [-0.25, -0.2) is 9.36 Å². The van der Waals surface area contributed by atoms with Crippen molar-refractivity contribution in [2.45, 2.75) is 238 Å². The number of hydrogen-bond donors (Lipinski definition) is 4. The lowest BCUT2D eigenvalue weighted by molar-refractivity contribution is -0.147. The Morgan fingerprint density at radius 1 is 0.493 bits per heavy atom. The first-order valence-electron chi connectivity index (χ1n) is 26.5. The van der Waals surface area contributed by atoms with E-state index >= 15 is 0 Å². The van der Waals surface area contributed by atoms with Crippen LogP contribution < -0.4 is 5.32 Å². The van der Waals surface area contributed by atoms with Crippen molar-refractivity contribution in [1.29, 1.82) is 0 Å². The predicted molar refractivity (Wildman–Crippen MR) is 277 cm³/mol. The van der Waals surface area contributed by atoms with E-state index < -0.39 is 57.6 Å². The number of carboxylic acids is 1. The van der Waals surface area contributed by atoms with Gasteiger partial charge in [-0.1, -0.05) is 222 Å². The highest BCUT2D eigenvalue weighted by Gasteiger charge is 2.28. The van der Waals surface area contributed by atoms with Gasteiger partial charge in [-0.2, -0.15) is 0 Å². The fourth-order valence-corrected chi connectivity index (χ4v) is 7.97. The molecule has 0 aromatic heterocycles. The number of esters is 1. The number of phosphoric acid groups is 1. The van der Waals surface area contributed by atoms with E-state index in [0.717, 1.165) is 83.5 Å². The fraction of sp³-hybridized carbons (Fsp3) is 0.727. The summed E-state index contributed by atoms with van der Waals surface area (Å²) in [6, 6.07) is -1.57. The number of unbranched alkanes of at least 4 members (excludes halogenated alkanes) is 23. The highest BCUT2D eigenvalue weighted by atomic mass is 31.2. The fourth-order valence-electron chi connectivity index (χ4n) is 7.20. The molecule has 0 aliphatic carbocycles. The van der Waals surface area contributed by atoms with Crippen molar-refractivity contribution < 1.29 is 47.8 Å². The van der Waals surface area contributed by atoms with E-state index in [1.807, 2.05) is 0 Å². The average Bonchev–Trinajstić information content (AvgIpc) is 3.31. The van der Waals surface area contributed by atoms with Crippen LogP contribution in [-0.2, 0) is 32.7 Å². The maximum atomic E-state index is 12.4. The molecule has 11 nitrogen and oxygen atoms in total. The molecule has 386 valence electrons. The molecule has 3 unspecified atom stereocenters. The highest BCUT2D eigenvalue weighted by Crippen LogP contribution is 2.43. The Hall–Kier alpha value is -3.08. The summed E-state index contributed by atoms with van der Waals surface area (Å²) in [6.45, 7) is 2.49. The Labute approximate surface area is 408 Å². The summed E-state index contributed by atoms with van der Waals surface area (Å²) in [6.07, 6.45) is 60.7. The van der Waals surface area contributed by atoms with Gasteiger partial charge in [0.15, 0.2) is 6.04 Å². The summed E-state index contributed by atoms with van der Waals surface area (Å²) in [4.78, 5) is 46.2. The molecule has 0 fully saturated rings. The number of aliphatic hydroxyl groups is 1. The first-order valence-corrected chi connectivity index (χ1v) is 28.0. The number of carbonyl (C=O) groups excluding carboxylic acids is 2. The molecule has 0 saturated heterocycles. The zero-order valence-corrected chi connectivity index (χ0v) is 43.1. The molecule has 0 saturated carbocycles. The molecule has 0 spiro atoms. The van der Waals surface area contributed by atoms with E-state index in [1.165, 1.54) is 103 Å². The maximum Gasteiger partial charge on any atom is 0.472 e. The molecular formula is C55H96NO10P. The molecule has 67 heavy (non-hydrogen) atoms. The molecule has 0 aliphatic rings. The minimum Gasteiger partial charge on any atom is -0.480 e. The maximum absolute atomic E-state index is 12.4. The van der Waals surface area contributed by atoms with Crippen LogP contribution in [0.3, 0.4) is 0 Å². The predicted octanol–water partition coefficient (Wildman–Crippen LogP) is 14.8. The standard InChI is InChI=1S/C55H96NO10P/c1-3-5-7-9-11-13-15-17-19-21-23-25-26-27-28-30-32-34-36-38-40-42-44-46-53(58)56-52(55(60)61)50-66-67(62,63)65-49-51(57)48-64-54(59)47-45-43-41-39-37-35-33-31-29-24-22-20-18-16-14-12-10-8-6-4-2/h5,7,11,13,17,19,23,25,27-28,32,34,51-52,57H,3-4,6,8-10,12,14-16,18,20-22,24,26,29-31,33,35-50H2,1-2H3,(H,56,58)(H,60,61)(H,62,63)/b7-5-,13-11-,19-17-,25-23-,28-27-,34-32-. The van der Waals surface area contributed by atoms with E-state index in [-0.39, 0.29) is 12.8 Å². The van der Waals surface area contributed by atoms with Gasteiger partial charge in [0.2, 0.25) is 5.91 Å². The number of ether oxygens (including phenoxy) is 1. The zero-order chi connectivity index (χ0) is 49.2. The van der Waals surface area contributed by atoms with Gasteiger partial charge in [0.25, 0.3) is 0 Å². The van der Waals surface area contributed by atoms with Gasteiger partial charge in [0, 0.05) is 12.8 Å². The van der Waals surface area contributed by atoms with Crippen LogP contribution in [-0.4, -0.2) is 64.9 Å². The highest BCUT2D eigenvalue weighted by molar-refractivity contribution is 7.47. The molecule has 0 bridgehead atoms. The van der Waals surface area contributed by atoms with Gasteiger partial charge in [-0.3, -0.25) is 18.6 Å². The van der Waals surface area contributed by atoms with Crippen LogP contribution in [0, 0.1) is 0 Å². The summed E-state index contributed by atoms with van der Waals surface area (Å²) in [7, 11) is -4.77. The van der Waals surface area contributed by atoms with Crippen molar-refractivity contribution in [1.82, 2.24) is 5.32 Å². The number of aliphatic hydroxyl groups excluding tert-OH is 1. The van der Waals surface area contributed by atoms with E-state index in [4.69, 9.17) is 13.8 Å². The van der Waals surface area contributed by atoms with Gasteiger partial charge >= 0.3 is 19.8 Å². The SMILES string of the molecule is CC/C=C\C/C=C\C/C=C\C/C=C\C/C=C\C/C=C\CCCCCCC(=O)NC(COP(=O)(O)OCC(O)COC(=O)CCCCCCCCCCCCCCCCCCCCCC)C(=O)O. The number of carbonyl (C=O) groups is 3. The van der Waals surface area contributed by atoms with Gasteiger partial charge in [0.1, 0.15) is 12.7 Å². The summed E-state index contributed by atoms with van der Waals surface area (Å²) in [5.41, 5.74) is 0. The number of aliphatic carboxylic acids is 1. The van der Waals surface area contributed by atoms with E-state index in [0.29, 0.717) is 12.8 Å². The second-order valence-corrected chi connectivity index (χ2v) is 19.1. The quantitative estimate of drug-likeness (QED) is 0.0199. The summed E-state index contributed by atoms with van der Waals surface area (Å²) < 4.78 is 27.0. The van der Waals surface area contributed by atoms with Crippen molar-refractivity contribution in [3.05, 3.63) is 72.9 Å². The van der Waals surface area contributed by atoms with Crippen LogP contribution in [0.15, 0.2) is 72.9 Å². The number of hydrogen-bond acceptors (Lipinski definition) is 8. The first-order chi connectivity index (χ1) is 32.6. The minimum atomic E-state index is -4.77. The van der Waals surface area contributed by atoms with E-state index in [9.17, 15) is 34.1 Å². The number of nitrogens with one attached hydrogen (secondary N) is 1. The molecule has 0 aliphatic heterocycles. The number of phosphoric ester groups is 1. The lowest BCUT2D eigenvalue weighted by atomic mass is 10.0. The minimum absolute atomic E-state index is 0.113. The lowest BCUT2D eigenvalue weighted by Gasteiger charge is -2.18. The third kappa shape index (κ3) is 49.2. The van der Waals surface area contributed by atoms with Crippen LogP contribution in [0.1, 0.15) is 226 Å². The molecule has 0 rings (SSSR count). The Bertz CT molecular complexity index is 1410. The normalized spacial score (nSPS) is 14.1. The second-order valence-electron chi connectivity index (χ2n) is 17.7. The molecule has 0 radical (unpaired) electrons. The summed E-state index contributed by atoms with van der Waals surface area (Å²) >= 11 is 0. The summed E-state index contributed by atoms with van der Waals surface area (Å²) in [5, 5.41) is 21.9. The van der Waals surface area contributed by atoms with E-state index in [1.54, 1.807) is 0 Å². The third-order valence-corrected chi connectivity index (χ3v) is 12.2. The van der Waals surface area contributed by atoms with Gasteiger partial charge < -0.3 is 25.2 Å². The summed E-state index contributed by atoms with van der Waals surface area (Å²) in [5.74, 6) is -2.41. The first kappa shape index (κ1) is 63.9. The molecule has 3 atom stereocenters. The second kappa shape index (κ2) is 49.3. The Morgan fingerprint density at radius 2 is 0.866 bits per heavy atom. The van der Waals surface area contributed by atoms with Crippen LogP contribution in [0.25, 0.3) is 0 Å². The van der Waals surface area contributed by atoms with Crippen molar-refractivity contribution >= 4 is 25.7 Å². The zero-order valence-electron chi connectivity index (χ0n) is 42.2. The van der Waals surface area contributed by atoms with Crippen molar-refractivity contribution in [3.8, 4) is 0 Å². The number of rotatable bonds is 49. The van der Waals surface area contributed by atoms with E-state index in [2.05, 4.69) is 92.1 Å². The number of amides is 1. The van der Waals surface area contributed by atoms with Crippen molar-refractivity contribution in [2.24, 2.45) is 0 Å². The monoisotopic (exact) mass is 962 g/mol. The van der Waals surface area contributed by atoms with Crippen LogP contribution in [0.4, 0.5) is 0 Å². The van der Waals surface area contributed by atoms with Crippen LogP contribution >= 0.6 is 7.82 Å². The van der Waals surface area contributed by atoms with Crippen molar-refractivity contribution in [2.75, 3.05) is 19.8 Å². The van der Waals surface area contributed by atoms with Crippen LogP contribution in [0.5, 0.6) is 0 Å². The smallest absolute Gasteiger partial charge is 0.472 e. The molecule has 12 heteroatoms.